The van der Waals surface area contributed by atoms with Gasteiger partial charge in [-0.05, 0) is 40.0 Å². The molecule has 3 nitrogen and oxygen atoms in total. The van der Waals surface area contributed by atoms with Gasteiger partial charge in [-0.3, -0.25) is 4.79 Å². The molecule has 0 N–H and O–H groups in total. The summed E-state index contributed by atoms with van der Waals surface area (Å²) >= 11 is 3.52. The molecule has 0 spiro atoms. The van der Waals surface area contributed by atoms with Gasteiger partial charge in [0.25, 0.3) is 5.91 Å². The molecule has 100 valence electrons. The Hall–Kier alpha value is -0.770. The number of likely N-dealkylation sites (tertiary alicyclic amines) is 1. The molecule has 2 heterocycles. The Morgan fingerprint density at radius 3 is 2.61 bits per heavy atom. The topological polar surface area (TPSA) is 33.5 Å². The van der Waals surface area contributed by atoms with Gasteiger partial charge in [0.1, 0.15) is 11.5 Å². The quantitative estimate of drug-likeness (QED) is 0.782. The van der Waals surface area contributed by atoms with Gasteiger partial charge in [-0.2, -0.15) is 0 Å². The normalized spacial score (nSPS) is 20.2. The maximum Gasteiger partial charge on any atom is 0.257 e. The second-order valence-corrected chi connectivity index (χ2v) is 5.66. The van der Waals surface area contributed by atoms with Crippen molar-refractivity contribution in [2.24, 2.45) is 0 Å². The second-order valence-electron chi connectivity index (χ2n) is 5.02. The number of rotatable bonds is 2. The molecule has 0 aliphatic carbocycles. The number of aryl methyl sites for hydroxylation is 2. The average Bonchev–Trinajstić information content (AvgIpc) is 2.62. The molecule has 1 amide bonds. The van der Waals surface area contributed by atoms with Gasteiger partial charge < -0.3 is 9.32 Å². The molecule has 1 fully saturated rings. The van der Waals surface area contributed by atoms with Gasteiger partial charge in [-0.15, -0.1) is 0 Å². The molecule has 0 aromatic carbocycles. The standard InChI is InChI=1S/C14H20BrNO2/c1-9-10(2)18-11(3)13(9)14(17)16-7-5-4-6-12(16)8-15/h12H,4-8H2,1-3H3. The van der Waals surface area contributed by atoms with Crippen molar-refractivity contribution in [2.75, 3.05) is 11.9 Å². The van der Waals surface area contributed by atoms with Gasteiger partial charge in [0.15, 0.2) is 0 Å². The molecule has 1 aromatic rings. The van der Waals surface area contributed by atoms with Gasteiger partial charge in [-0.1, -0.05) is 15.9 Å². The van der Waals surface area contributed by atoms with Crippen LogP contribution in [0, 0.1) is 20.8 Å². The van der Waals surface area contributed by atoms with E-state index in [0.717, 1.165) is 47.4 Å². The molecule has 1 unspecified atom stereocenters. The van der Waals surface area contributed by atoms with E-state index in [1.54, 1.807) is 0 Å². The lowest BCUT2D eigenvalue weighted by Gasteiger charge is -2.34. The van der Waals surface area contributed by atoms with E-state index in [1.807, 2.05) is 25.7 Å². The molecule has 18 heavy (non-hydrogen) atoms. The van der Waals surface area contributed by atoms with Crippen molar-refractivity contribution < 1.29 is 9.21 Å². The van der Waals surface area contributed by atoms with Crippen LogP contribution < -0.4 is 0 Å². The van der Waals surface area contributed by atoms with Crippen LogP contribution in [-0.2, 0) is 0 Å². The summed E-state index contributed by atoms with van der Waals surface area (Å²) in [6, 6.07) is 0.320. The number of nitrogens with zero attached hydrogens (tertiary/aromatic N) is 1. The lowest BCUT2D eigenvalue weighted by molar-refractivity contribution is 0.0639. The maximum absolute atomic E-state index is 12.7. The zero-order chi connectivity index (χ0) is 13.3. The number of hydrogen-bond donors (Lipinski definition) is 0. The summed E-state index contributed by atoms with van der Waals surface area (Å²) in [6.07, 6.45) is 3.40. The number of carbonyl (C=O) groups is 1. The number of furan rings is 1. The SMILES string of the molecule is Cc1oc(C)c(C(=O)N2CCCCC2CBr)c1C. The molecular weight excluding hydrogens is 294 g/mol. The average molecular weight is 314 g/mol. The van der Waals surface area contributed by atoms with E-state index >= 15 is 0 Å². The summed E-state index contributed by atoms with van der Waals surface area (Å²) in [5.41, 5.74) is 1.75. The Morgan fingerprint density at radius 1 is 1.33 bits per heavy atom. The highest BCUT2D eigenvalue weighted by Crippen LogP contribution is 2.26. The summed E-state index contributed by atoms with van der Waals surface area (Å²) in [5, 5.41) is 0.855. The van der Waals surface area contributed by atoms with E-state index in [9.17, 15) is 4.79 Å². The van der Waals surface area contributed by atoms with Crippen LogP contribution in [0.4, 0.5) is 0 Å². The zero-order valence-electron chi connectivity index (χ0n) is 11.3. The van der Waals surface area contributed by atoms with E-state index in [2.05, 4.69) is 15.9 Å². The number of piperidine rings is 1. The lowest BCUT2D eigenvalue weighted by atomic mass is 10.0. The van der Waals surface area contributed by atoms with E-state index in [0.29, 0.717) is 6.04 Å². The predicted octanol–water partition coefficient (Wildman–Crippen LogP) is 3.59. The third-order valence-electron chi connectivity index (χ3n) is 3.84. The fourth-order valence-electron chi connectivity index (χ4n) is 2.68. The van der Waals surface area contributed by atoms with Crippen molar-refractivity contribution >= 4 is 21.8 Å². The largest absolute Gasteiger partial charge is 0.466 e. The molecule has 0 radical (unpaired) electrons. The summed E-state index contributed by atoms with van der Waals surface area (Å²) in [4.78, 5) is 14.7. The Bertz CT molecular complexity index is 453. The van der Waals surface area contributed by atoms with E-state index in [4.69, 9.17) is 4.42 Å². The minimum absolute atomic E-state index is 0.131. The smallest absolute Gasteiger partial charge is 0.257 e. The molecule has 1 saturated heterocycles. The fraction of sp³-hybridized carbons (Fsp3) is 0.643. The zero-order valence-corrected chi connectivity index (χ0v) is 12.8. The summed E-state index contributed by atoms with van der Waals surface area (Å²) in [7, 11) is 0. The molecule has 0 bridgehead atoms. The first-order valence-electron chi connectivity index (χ1n) is 6.49. The lowest BCUT2D eigenvalue weighted by Crippen LogP contribution is -2.44. The van der Waals surface area contributed by atoms with Crippen LogP contribution in [0.5, 0.6) is 0 Å². The number of amides is 1. The highest BCUT2D eigenvalue weighted by atomic mass is 79.9. The van der Waals surface area contributed by atoms with Gasteiger partial charge in [0.2, 0.25) is 0 Å². The molecule has 1 atom stereocenters. The monoisotopic (exact) mass is 313 g/mol. The third-order valence-corrected chi connectivity index (χ3v) is 4.59. The van der Waals surface area contributed by atoms with Crippen molar-refractivity contribution in [3.05, 3.63) is 22.6 Å². The highest BCUT2D eigenvalue weighted by molar-refractivity contribution is 9.09. The molecule has 1 aliphatic rings. The Morgan fingerprint density at radius 2 is 2.06 bits per heavy atom. The van der Waals surface area contributed by atoms with Gasteiger partial charge in [-0.25, -0.2) is 0 Å². The highest BCUT2D eigenvalue weighted by Gasteiger charge is 2.30. The molecule has 1 aliphatic heterocycles. The van der Waals surface area contributed by atoms with Crippen LogP contribution in [0.15, 0.2) is 4.42 Å². The van der Waals surface area contributed by atoms with Crippen molar-refractivity contribution in [1.29, 1.82) is 0 Å². The van der Waals surface area contributed by atoms with Crippen molar-refractivity contribution in [2.45, 2.75) is 46.1 Å². The maximum atomic E-state index is 12.7. The number of hydrogen-bond acceptors (Lipinski definition) is 2. The fourth-order valence-corrected chi connectivity index (χ4v) is 3.35. The van der Waals surface area contributed by atoms with Crippen LogP contribution in [0.2, 0.25) is 0 Å². The Labute approximate surface area is 117 Å². The first-order valence-corrected chi connectivity index (χ1v) is 7.62. The van der Waals surface area contributed by atoms with Crippen molar-refractivity contribution in [3.63, 3.8) is 0 Å². The van der Waals surface area contributed by atoms with E-state index in [1.165, 1.54) is 6.42 Å². The van der Waals surface area contributed by atoms with E-state index < -0.39 is 0 Å². The first kappa shape index (κ1) is 13.7. The molecular formula is C14H20BrNO2. The molecule has 1 aromatic heterocycles. The minimum atomic E-state index is 0.131. The number of carbonyl (C=O) groups excluding carboxylic acids is 1. The van der Waals surface area contributed by atoms with Crippen LogP contribution in [-0.4, -0.2) is 28.7 Å². The van der Waals surface area contributed by atoms with Gasteiger partial charge >= 0.3 is 0 Å². The Balaban J connectivity index is 2.29. The van der Waals surface area contributed by atoms with Crippen LogP contribution in [0.1, 0.15) is 46.7 Å². The van der Waals surface area contributed by atoms with Gasteiger partial charge in [0, 0.05) is 23.5 Å². The molecule has 2 rings (SSSR count). The summed E-state index contributed by atoms with van der Waals surface area (Å²) in [6.45, 7) is 6.61. The molecule has 4 heteroatoms. The number of halogens is 1. The third kappa shape index (κ3) is 2.35. The van der Waals surface area contributed by atoms with Crippen molar-refractivity contribution in [1.82, 2.24) is 4.90 Å². The summed E-state index contributed by atoms with van der Waals surface area (Å²) < 4.78 is 5.57. The second kappa shape index (κ2) is 5.47. The van der Waals surface area contributed by atoms with Crippen molar-refractivity contribution in [3.8, 4) is 0 Å². The Kier molecular flexibility index (Phi) is 4.15. The van der Waals surface area contributed by atoms with Crippen LogP contribution >= 0.6 is 15.9 Å². The van der Waals surface area contributed by atoms with Crippen LogP contribution in [0.25, 0.3) is 0 Å². The predicted molar refractivity (Wildman–Crippen MR) is 75.4 cm³/mol. The van der Waals surface area contributed by atoms with Crippen LogP contribution in [0.3, 0.4) is 0 Å². The first-order chi connectivity index (χ1) is 8.56. The molecule has 0 saturated carbocycles. The number of alkyl halides is 1. The van der Waals surface area contributed by atoms with Gasteiger partial charge in [0.05, 0.1) is 5.56 Å². The minimum Gasteiger partial charge on any atom is -0.466 e. The summed E-state index contributed by atoms with van der Waals surface area (Å²) in [5.74, 6) is 1.73. The van der Waals surface area contributed by atoms with E-state index in [-0.39, 0.29) is 5.91 Å².